The molecule has 1 aliphatic heterocycles. The molecule has 0 aromatic carbocycles. The summed E-state index contributed by atoms with van der Waals surface area (Å²) in [4.78, 5) is 21.8. The molecule has 0 bridgehead atoms. The Morgan fingerprint density at radius 2 is 1.33 bits per heavy atom. The van der Waals surface area contributed by atoms with Crippen LogP contribution in [0.25, 0.3) is 0 Å². The van der Waals surface area contributed by atoms with Crippen LogP contribution < -0.4 is 0 Å². The van der Waals surface area contributed by atoms with Crippen LogP contribution in [-0.2, 0) is 19.4 Å². The van der Waals surface area contributed by atoms with Crippen LogP contribution in [0.5, 0.6) is 0 Å². The molecule has 1 heterocycles. The second-order valence-electron chi connectivity index (χ2n) is 3.37. The zero-order valence-corrected chi connectivity index (χ0v) is 10.9. The monoisotopic (exact) mass is 268 g/mol. The van der Waals surface area contributed by atoms with Gasteiger partial charge in [-0.15, -0.1) is 0 Å². The van der Waals surface area contributed by atoms with Crippen molar-refractivity contribution in [3.8, 4) is 0 Å². The molecule has 0 saturated carbocycles. The van der Waals surface area contributed by atoms with Gasteiger partial charge in [-0.05, 0) is 0 Å². The van der Waals surface area contributed by atoms with Gasteiger partial charge in [-0.1, -0.05) is 23.5 Å². The van der Waals surface area contributed by atoms with Crippen molar-refractivity contribution >= 4 is 43.6 Å². The number of sulfone groups is 1. The third-order valence-electron chi connectivity index (χ3n) is 1.89. The van der Waals surface area contributed by atoms with E-state index in [4.69, 9.17) is 0 Å². The first-order valence-electron chi connectivity index (χ1n) is 4.35. The van der Waals surface area contributed by atoms with E-state index in [2.05, 4.69) is 0 Å². The van der Waals surface area contributed by atoms with Crippen LogP contribution in [0.4, 0.5) is 0 Å². The first-order valence-corrected chi connectivity index (χ1v) is 7.93. The first kappa shape index (κ1) is 13.1. The van der Waals surface area contributed by atoms with Crippen molar-refractivity contribution in [1.82, 2.24) is 0 Å². The maximum absolute atomic E-state index is 11.4. The fraction of sp³-hybridized carbons (Fsp3) is 0.750. The van der Waals surface area contributed by atoms with Gasteiger partial charge in [0.2, 0.25) is 0 Å². The van der Waals surface area contributed by atoms with Crippen molar-refractivity contribution in [2.24, 2.45) is 0 Å². The van der Waals surface area contributed by atoms with Gasteiger partial charge in [0.25, 0.3) is 0 Å². The Kier molecular flexibility index (Phi) is 4.25. The summed E-state index contributed by atoms with van der Waals surface area (Å²) in [7, 11) is -3.08. The van der Waals surface area contributed by atoms with Gasteiger partial charge in [-0.2, -0.15) is 0 Å². The van der Waals surface area contributed by atoms with E-state index in [1.54, 1.807) is 0 Å². The van der Waals surface area contributed by atoms with Crippen molar-refractivity contribution in [3.63, 3.8) is 0 Å². The molecular weight excluding hydrogens is 256 g/mol. The van der Waals surface area contributed by atoms with Gasteiger partial charge in [0.1, 0.15) is 0 Å². The molecule has 0 amide bonds. The SMILES string of the molecule is CC(=O)S[C@@H]1CS(=O)(=O)C[C@H]1SC(C)=O. The lowest BCUT2D eigenvalue weighted by Gasteiger charge is -2.13. The van der Waals surface area contributed by atoms with Crippen LogP contribution in [0.3, 0.4) is 0 Å². The van der Waals surface area contributed by atoms with E-state index in [-0.39, 0.29) is 32.2 Å². The zero-order valence-electron chi connectivity index (χ0n) is 8.43. The summed E-state index contributed by atoms with van der Waals surface area (Å²) in [6.07, 6.45) is 0. The molecule has 0 unspecified atom stereocenters. The summed E-state index contributed by atoms with van der Waals surface area (Å²) in [5.74, 6) is 0.00435. The molecule has 2 atom stereocenters. The van der Waals surface area contributed by atoms with Crippen LogP contribution >= 0.6 is 23.5 Å². The molecule has 1 saturated heterocycles. The second kappa shape index (κ2) is 4.88. The van der Waals surface area contributed by atoms with Crippen molar-refractivity contribution in [2.45, 2.75) is 24.3 Å². The maximum Gasteiger partial charge on any atom is 0.186 e. The summed E-state index contributed by atoms with van der Waals surface area (Å²) in [6, 6.07) is 0. The Morgan fingerprint density at radius 1 is 1.00 bits per heavy atom. The van der Waals surface area contributed by atoms with E-state index in [9.17, 15) is 18.0 Å². The highest BCUT2D eigenvalue weighted by Gasteiger charge is 2.39. The van der Waals surface area contributed by atoms with Crippen LogP contribution in [0.15, 0.2) is 0 Å². The van der Waals surface area contributed by atoms with Gasteiger partial charge in [0, 0.05) is 24.3 Å². The van der Waals surface area contributed by atoms with Crippen molar-refractivity contribution in [2.75, 3.05) is 11.5 Å². The Hall–Kier alpha value is -0.0100. The lowest BCUT2D eigenvalue weighted by Crippen LogP contribution is -2.20. The smallest absolute Gasteiger partial charge is 0.186 e. The van der Waals surface area contributed by atoms with E-state index < -0.39 is 9.84 Å². The van der Waals surface area contributed by atoms with Crippen LogP contribution in [-0.4, -0.2) is 40.7 Å². The quantitative estimate of drug-likeness (QED) is 0.735. The normalized spacial score (nSPS) is 28.9. The average Bonchev–Trinajstić information content (AvgIpc) is 2.22. The molecule has 86 valence electrons. The number of carbonyl (C=O) groups excluding carboxylic acids is 2. The topological polar surface area (TPSA) is 68.3 Å². The molecule has 1 fully saturated rings. The Bertz CT molecular complexity index is 343. The minimum atomic E-state index is -3.08. The molecule has 1 aliphatic rings. The van der Waals surface area contributed by atoms with Gasteiger partial charge in [-0.25, -0.2) is 8.42 Å². The predicted molar refractivity (Wildman–Crippen MR) is 62.8 cm³/mol. The minimum absolute atomic E-state index is 0.00218. The molecule has 4 nitrogen and oxygen atoms in total. The van der Waals surface area contributed by atoms with E-state index in [0.717, 1.165) is 23.5 Å². The fourth-order valence-corrected chi connectivity index (χ4v) is 6.75. The maximum atomic E-state index is 11.4. The van der Waals surface area contributed by atoms with Crippen LogP contribution in [0, 0.1) is 0 Å². The van der Waals surface area contributed by atoms with Crippen molar-refractivity contribution in [3.05, 3.63) is 0 Å². The van der Waals surface area contributed by atoms with Crippen LogP contribution in [0.2, 0.25) is 0 Å². The first-order chi connectivity index (χ1) is 6.80. The number of rotatable bonds is 2. The lowest BCUT2D eigenvalue weighted by atomic mass is 10.4. The Labute approximate surface area is 97.5 Å². The standard InChI is InChI=1S/C8H12O4S3/c1-5(9)13-7-3-15(11,12)4-8(7)14-6(2)10/h7-8H,3-4H2,1-2H3/t7-,8-/m1/s1. The zero-order chi connectivity index (χ0) is 11.6. The molecule has 1 rings (SSSR count). The van der Waals surface area contributed by atoms with Crippen LogP contribution in [0.1, 0.15) is 13.8 Å². The highest BCUT2D eigenvalue weighted by atomic mass is 32.2. The molecule has 0 aliphatic carbocycles. The number of hydrogen-bond donors (Lipinski definition) is 0. The van der Waals surface area contributed by atoms with E-state index in [1.807, 2.05) is 0 Å². The minimum Gasteiger partial charge on any atom is -0.288 e. The highest BCUT2D eigenvalue weighted by Crippen LogP contribution is 2.33. The largest absolute Gasteiger partial charge is 0.288 e. The van der Waals surface area contributed by atoms with Crippen molar-refractivity contribution < 1.29 is 18.0 Å². The van der Waals surface area contributed by atoms with Gasteiger partial charge >= 0.3 is 0 Å². The summed E-state index contributed by atoms with van der Waals surface area (Å²) < 4.78 is 22.7. The molecule has 7 heteroatoms. The predicted octanol–water partition coefficient (Wildman–Crippen LogP) is 0.711. The molecule has 0 spiro atoms. The average molecular weight is 268 g/mol. The second-order valence-corrected chi connectivity index (χ2v) is 8.36. The van der Waals surface area contributed by atoms with Gasteiger partial charge in [0.05, 0.1) is 11.5 Å². The van der Waals surface area contributed by atoms with Gasteiger partial charge in [-0.3, -0.25) is 9.59 Å². The summed E-state index contributed by atoms with van der Waals surface area (Å²) in [5, 5.41) is -0.764. The molecule has 15 heavy (non-hydrogen) atoms. The Morgan fingerprint density at radius 3 is 1.60 bits per heavy atom. The summed E-state index contributed by atoms with van der Waals surface area (Å²) >= 11 is 2.05. The van der Waals surface area contributed by atoms with Crippen molar-refractivity contribution in [1.29, 1.82) is 0 Å². The summed E-state index contributed by atoms with van der Waals surface area (Å²) in [5.41, 5.74) is 0. The molecule has 0 aromatic rings. The third kappa shape index (κ3) is 4.16. The number of thioether (sulfide) groups is 2. The van der Waals surface area contributed by atoms with E-state index >= 15 is 0 Å². The highest BCUT2D eigenvalue weighted by molar-refractivity contribution is 8.18. The summed E-state index contributed by atoms with van der Waals surface area (Å²) in [6.45, 7) is 2.82. The molecule has 0 N–H and O–H groups in total. The fourth-order valence-electron chi connectivity index (χ4n) is 1.43. The van der Waals surface area contributed by atoms with Gasteiger partial charge < -0.3 is 0 Å². The molecular formula is C8H12O4S3. The molecule has 0 aromatic heterocycles. The molecule has 0 radical (unpaired) electrons. The Balaban J connectivity index is 2.74. The van der Waals surface area contributed by atoms with E-state index in [0.29, 0.717) is 0 Å². The third-order valence-corrected chi connectivity index (χ3v) is 6.47. The number of carbonyl (C=O) groups is 2. The van der Waals surface area contributed by atoms with E-state index in [1.165, 1.54) is 13.8 Å². The van der Waals surface area contributed by atoms with Gasteiger partial charge in [0.15, 0.2) is 20.1 Å². The lowest BCUT2D eigenvalue weighted by molar-refractivity contribution is -0.110. The number of hydrogen-bond acceptors (Lipinski definition) is 6.